The molecule has 14 nitrogen and oxygen atoms in total. The van der Waals surface area contributed by atoms with E-state index in [1.54, 1.807) is 28.1 Å². The Bertz CT molecular complexity index is 1250. The number of methoxy groups -OCH3 is 2. The minimum absolute atomic E-state index is 0.0602. The van der Waals surface area contributed by atoms with E-state index in [1.807, 2.05) is 32.0 Å². The fourth-order valence-electron chi connectivity index (χ4n) is 5.63. The zero-order valence-corrected chi connectivity index (χ0v) is 31.2. The van der Waals surface area contributed by atoms with E-state index in [4.69, 9.17) is 34.2 Å². The molecule has 5 atom stereocenters. The normalized spacial score (nSPS) is 18.0. The number of aliphatic hydroxyl groups excluding tert-OH is 1. The van der Waals surface area contributed by atoms with Gasteiger partial charge in [0.1, 0.15) is 12.8 Å². The molecular weight excluding hydrogens is 650 g/mol. The maximum atomic E-state index is 13.5. The maximum absolute atomic E-state index is 13.5. The highest BCUT2D eigenvalue weighted by Crippen LogP contribution is 2.36. The Morgan fingerprint density at radius 3 is 2.30 bits per heavy atom. The summed E-state index contributed by atoms with van der Waals surface area (Å²) in [4.78, 5) is 51.9. The van der Waals surface area contributed by atoms with Crippen LogP contribution < -0.4 is 20.5 Å². The van der Waals surface area contributed by atoms with Crippen LogP contribution in [0.2, 0.25) is 0 Å². The van der Waals surface area contributed by atoms with Gasteiger partial charge < -0.3 is 44.6 Å². The first-order valence-corrected chi connectivity index (χ1v) is 17.3. The number of hydrogen-bond donors (Lipinski definition) is 3. The number of hydrogen-bond acceptors (Lipinski definition) is 11. The smallest absolute Gasteiger partial charge is 0.414 e. The van der Waals surface area contributed by atoms with E-state index in [-0.39, 0.29) is 36.9 Å². The topological polar surface area (TPSA) is 185 Å². The molecule has 14 heteroatoms. The Hall–Kier alpha value is -3.62. The number of ether oxygens (including phenoxy) is 6. The number of nitrogens with zero attached hydrogens (tertiary/aromatic N) is 1. The highest BCUT2D eigenvalue weighted by atomic mass is 16.7. The monoisotopic (exact) mass is 709 g/mol. The number of esters is 1. The van der Waals surface area contributed by atoms with Crippen molar-refractivity contribution in [3.63, 3.8) is 0 Å². The Labute approximate surface area is 296 Å². The standard InChI is InChI=1S/C36H59N3O11/c1-22(2)26(15-25-11-12-29(46-9)31(16-25)47-14-10-13-45-8)17-28-30(48-20-39(28)35(44)50-21-49-33(42)24(5)40)18-27(23(3)4)32(41)38-19-36(6,7)34(37)43/h11-12,16,22-24,26-28,30,40H,10,13-15,17-21H2,1-9H3,(H2,37,43)(H,38,41)/t24-,26-,27-,28-,30-/m0/s1. The van der Waals surface area contributed by atoms with E-state index >= 15 is 0 Å². The van der Waals surface area contributed by atoms with Crippen LogP contribution in [0.1, 0.15) is 73.3 Å². The van der Waals surface area contributed by atoms with Gasteiger partial charge in [-0.25, -0.2) is 9.59 Å². The summed E-state index contributed by atoms with van der Waals surface area (Å²) in [7, 11) is 3.24. The first-order valence-electron chi connectivity index (χ1n) is 17.3. The van der Waals surface area contributed by atoms with E-state index in [1.165, 1.54) is 11.8 Å². The molecular formula is C36H59N3O11. The summed E-state index contributed by atoms with van der Waals surface area (Å²) in [5, 5.41) is 12.3. The Morgan fingerprint density at radius 1 is 1.02 bits per heavy atom. The molecule has 284 valence electrons. The maximum Gasteiger partial charge on any atom is 0.414 e. The van der Waals surface area contributed by atoms with E-state index in [0.717, 1.165) is 12.0 Å². The van der Waals surface area contributed by atoms with Gasteiger partial charge in [0.2, 0.25) is 18.6 Å². The van der Waals surface area contributed by atoms with Gasteiger partial charge in [0.25, 0.3) is 0 Å². The van der Waals surface area contributed by atoms with Gasteiger partial charge in [0.05, 0.1) is 31.3 Å². The summed E-state index contributed by atoms with van der Waals surface area (Å²) in [5.74, 6) is -0.750. The molecule has 1 aromatic carbocycles. The van der Waals surface area contributed by atoms with E-state index in [2.05, 4.69) is 19.2 Å². The minimum Gasteiger partial charge on any atom is -0.493 e. The van der Waals surface area contributed by atoms with Crippen molar-refractivity contribution in [1.82, 2.24) is 10.2 Å². The van der Waals surface area contributed by atoms with E-state index in [9.17, 15) is 24.3 Å². The highest BCUT2D eigenvalue weighted by molar-refractivity contribution is 5.83. The van der Waals surface area contributed by atoms with Crippen LogP contribution in [0.4, 0.5) is 4.79 Å². The molecule has 1 aliphatic rings. The van der Waals surface area contributed by atoms with Crippen molar-refractivity contribution in [3.8, 4) is 11.5 Å². The average molecular weight is 710 g/mol. The number of nitrogens with one attached hydrogen (secondary N) is 1. The Balaban J connectivity index is 2.34. The number of rotatable bonds is 21. The summed E-state index contributed by atoms with van der Waals surface area (Å²) < 4.78 is 33.0. The van der Waals surface area contributed by atoms with Gasteiger partial charge >= 0.3 is 12.1 Å². The molecule has 0 unspecified atom stereocenters. The van der Waals surface area contributed by atoms with Crippen molar-refractivity contribution in [1.29, 1.82) is 0 Å². The molecule has 2 rings (SSSR count). The van der Waals surface area contributed by atoms with Crippen molar-refractivity contribution in [3.05, 3.63) is 23.8 Å². The second kappa shape index (κ2) is 20.3. The molecule has 3 amide bonds. The molecule has 50 heavy (non-hydrogen) atoms. The number of nitrogens with two attached hydrogens (primary N) is 1. The molecule has 4 N–H and O–H groups in total. The molecule has 1 fully saturated rings. The van der Waals surface area contributed by atoms with Crippen molar-refractivity contribution < 1.29 is 52.7 Å². The third-order valence-corrected chi connectivity index (χ3v) is 9.18. The molecule has 0 aliphatic carbocycles. The first-order chi connectivity index (χ1) is 23.5. The molecule has 1 aromatic rings. The lowest BCUT2D eigenvalue weighted by atomic mass is 9.80. The third-order valence-electron chi connectivity index (χ3n) is 9.18. The fourth-order valence-corrected chi connectivity index (χ4v) is 5.63. The number of benzene rings is 1. The van der Waals surface area contributed by atoms with E-state index < -0.39 is 54.3 Å². The van der Waals surface area contributed by atoms with Crippen LogP contribution in [0.15, 0.2) is 18.2 Å². The second-order valence-electron chi connectivity index (χ2n) is 14.2. The van der Waals surface area contributed by atoms with Gasteiger partial charge in [-0.1, -0.05) is 33.8 Å². The summed E-state index contributed by atoms with van der Waals surface area (Å²) in [6, 6.07) is 5.36. The van der Waals surface area contributed by atoms with Crippen LogP contribution in [0.3, 0.4) is 0 Å². The molecule has 1 saturated heterocycles. The largest absolute Gasteiger partial charge is 0.493 e. The summed E-state index contributed by atoms with van der Waals surface area (Å²) in [6.07, 6.45) is -0.435. The number of aliphatic hydroxyl groups is 1. The molecule has 0 saturated carbocycles. The zero-order chi connectivity index (χ0) is 37.6. The molecule has 0 radical (unpaired) electrons. The van der Waals surface area contributed by atoms with Crippen LogP contribution in [0.5, 0.6) is 11.5 Å². The van der Waals surface area contributed by atoms with Crippen LogP contribution in [-0.4, -0.2) is 99.6 Å². The molecule has 0 bridgehead atoms. The highest BCUT2D eigenvalue weighted by Gasteiger charge is 2.43. The lowest BCUT2D eigenvalue weighted by Gasteiger charge is -2.33. The second-order valence-corrected chi connectivity index (χ2v) is 14.2. The summed E-state index contributed by atoms with van der Waals surface area (Å²) in [5.41, 5.74) is 5.61. The minimum atomic E-state index is -1.37. The van der Waals surface area contributed by atoms with Crippen LogP contribution in [-0.2, 0) is 39.8 Å². The van der Waals surface area contributed by atoms with E-state index in [0.29, 0.717) is 44.0 Å². The number of primary amides is 1. The summed E-state index contributed by atoms with van der Waals surface area (Å²) in [6.45, 7) is 13.1. The lowest BCUT2D eigenvalue weighted by molar-refractivity contribution is -0.161. The average Bonchev–Trinajstić information content (AvgIpc) is 3.45. The number of amides is 3. The SMILES string of the molecule is COCCCOc1cc(C[C@@H](C[C@H]2[C@H](C[C@H](C(=O)NCC(C)(C)C(N)=O)C(C)C)OCN2C(=O)OCOC(=O)[C@H](C)O)C(C)C)ccc1OC. The Kier molecular flexibility index (Phi) is 17.3. The van der Waals surface area contributed by atoms with Crippen molar-refractivity contribution in [2.75, 3.05) is 47.5 Å². The van der Waals surface area contributed by atoms with Gasteiger partial charge in [-0.2, -0.15) is 0 Å². The Morgan fingerprint density at radius 2 is 1.72 bits per heavy atom. The third kappa shape index (κ3) is 12.9. The number of carbonyl (C=O) groups excluding carboxylic acids is 4. The first kappa shape index (κ1) is 42.5. The molecule has 0 aromatic heterocycles. The predicted octanol–water partition coefficient (Wildman–Crippen LogP) is 3.65. The van der Waals surface area contributed by atoms with Gasteiger partial charge in [-0.3, -0.25) is 14.5 Å². The quantitative estimate of drug-likeness (QED) is 0.0962. The van der Waals surface area contributed by atoms with Crippen LogP contribution >= 0.6 is 0 Å². The predicted molar refractivity (Wildman–Crippen MR) is 185 cm³/mol. The van der Waals surface area contributed by atoms with Crippen LogP contribution in [0.25, 0.3) is 0 Å². The molecule has 1 heterocycles. The van der Waals surface area contributed by atoms with Crippen molar-refractivity contribution in [2.45, 2.75) is 92.4 Å². The molecule has 0 spiro atoms. The van der Waals surface area contributed by atoms with Crippen molar-refractivity contribution >= 4 is 23.9 Å². The number of carbonyl (C=O) groups is 4. The fraction of sp³-hybridized carbons (Fsp3) is 0.722. The van der Waals surface area contributed by atoms with Gasteiger partial charge in [0.15, 0.2) is 11.5 Å². The lowest BCUT2D eigenvalue weighted by Crippen LogP contribution is -2.47. The van der Waals surface area contributed by atoms with Gasteiger partial charge in [-0.15, -0.1) is 0 Å². The zero-order valence-electron chi connectivity index (χ0n) is 31.2. The molecule has 1 aliphatic heterocycles. The summed E-state index contributed by atoms with van der Waals surface area (Å²) >= 11 is 0. The van der Waals surface area contributed by atoms with Gasteiger partial charge in [0, 0.05) is 32.6 Å². The van der Waals surface area contributed by atoms with Gasteiger partial charge in [-0.05, 0) is 75.5 Å². The van der Waals surface area contributed by atoms with Crippen molar-refractivity contribution in [2.24, 2.45) is 34.8 Å². The van der Waals surface area contributed by atoms with Crippen LogP contribution in [0, 0.1) is 29.1 Å².